The number of nitrogens with two attached hydrogens (primary N) is 1. The largest absolute Gasteiger partial charge is 0.330 e. The molecule has 2 N–H and O–H groups in total. The monoisotopic (exact) mass is 245 g/mol. The Morgan fingerprint density at radius 3 is 2.69 bits per heavy atom. The molecule has 1 aromatic rings. The molecular weight excluding hydrogens is 233 g/mol. The summed E-state index contributed by atoms with van der Waals surface area (Å²) in [6.07, 6.45) is 3.03. The Bertz CT molecular complexity index is 276. The molecule has 0 bridgehead atoms. The minimum absolute atomic E-state index is 0.200. The maximum Gasteiger partial charge on any atom is 0.124 e. The molecule has 1 rings (SSSR count). The highest BCUT2D eigenvalue weighted by atomic mass is 79.9. The Hall–Kier alpha value is -0.410. The van der Waals surface area contributed by atoms with E-state index in [1.54, 1.807) is 0 Å². The van der Waals surface area contributed by atoms with E-state index >= 15 is 0 Å². The van der Waals surface area contributed by atoms with Crippen LogP contribution in [0, 0.1) is 5.82 Å². The molecule has 1 nitrogen and oxygen atoms in total. The smallest absolute Gasteiger partial charge is 0.124 e. The van der Waals surface area contributed by atoms with Crippen molar-refractivity contribution >= 4 is 15.9 Å². The molecule has 0 aliphatic carbocycles. The van der Waals surface area contributed by atoms with Crippen molar-refractivity contribution < 1.29 is 4.39 Å². The second-order valence-corrected chi connectivity index (χ2v) is 3.84. The van der Waals surface area contributed by atoms with E-state index in [9.17, 15) is 4.39 Å². The molecule has 0 aliphatic rings. The standard InChI is InChI=1S/C10H13BrFN/c11-10-7-9(12)5-4-8(10)3-1-2-6-13/h4-5,7H,1-3,6,13H2. The number of hydrogen-bond donors (Lipinski definition) is 1. The van der Waals surface area contributed by atoms with Gasteiger partial charge in [-0.15, -0.1) is 0 Å². The molecule has 0 heterocycles. The highest BCUT2D eigenvalue weighted by Gasteiger charge is 2.00. The number of rotatable bonds is 4. The molecular formula is C10H13BrFN. The van der Waals surface area contributed by atoms with Crippen molar-refractivity contribution in [2.24, 2.45) is 5.73 Å². The topological polar surface area (TPSA) is 26.0 Å². The summed E-state index contributed by atoms with van der Waals surface area (Å²) in [5, 5.41) is 0. The average Bonchev–Trinajstić information content (AvgIpc) is 2.09. The minimum Gasteiger partial charge on any atom is -0.330 e. The number of halogens is 2. The number of benzene rings is 1. The van der Waals surface area contributed by atoms with Gasteiger partial charge in [-0.25, -0.2) is 4.39 Å². The predicted octanol–water partition coefficient (Wildman–Crippen LogP) is 2.87. The molecule has 0 atom stereocenters. The molecule has 1 aromatic carbocycles. The zero-order chi connectivity index (χ0) is 9.68. The van der Waals surface area contributed by atoms with Gasteiger partial charge in [-0.05, 0) is 43.5 Å². The van der Waals surface area contributed by atoms with Crippen molar-refractivity contribution in [3.05, 3.63) is 34.1 Å². The zero-order valence-electron chi connectivity index (χ0n) is 7.39. The third-order valence-electron chi connectivity index (χ3n) is 1.92. The minimum atomic E-state index is -0.200. The molecule has 0 fully saturated rings. The van der Waals surface area contributed by atoms with Crippen molar-refractivity contribution in [2.75, 3.05) is 6.54 Å². The van der Waals surface area contributed by atoms with E-state index in [1.165, 1.54) is 12.1 Å². The van der Waals surface area contributed by atoms with E-state index in [2.05, 4.69) is 15.9 Å². The predicted molar refractivity (Wildman–Crippen MR) is 56.1 cm³/mol. The molecule has 0 saturated carbocycles. The quantitative estimate of drug-likeness (QED) is 0.812. The first-order valence-corrected chi connectivity index (χ1v) is 5.17. The summed E-state index contributed by atoms with van der Waals surface area (Å²) in [5.41, 5.74) is 6.53. The summed E-state index contributed by atoms with van der Waals surface area (Å²) in [6, 6.07) is 4.80. The van der Waals surface area contributed by atoms with Gasteiger partial charge in [0.25, 0.3) is 0 Å². The van der Waals surface area contributed by atoms with Crippen molar-refractivity contribution in [3.63, 3.8) is 0 Å². The van der Waals surface area contributed by atoms with Crippen molar-refractivity contribution in [1.82, 2.24) is 0 Å². The van der Waals surface area contributed by atoms with Crippen molar-refractivity contribution in [3.8, 4) is 0 Å². The van der Waals surface area contributed by atoms with Crippen LogP contribution < -0.4 is 5.73 Å². The first-order valence-electron chi connectivity index (χ1n) is 4.38. The van der Waals surface area contributed by atoms with E-state index in [1.807, 2.05) is 6.07 Å². The SMILES string of the molecule is NCCCCc1ccc(F)cc1Br. The van der Waals surface area contributed by atoms with Gasteiger partial charge in [0.15, 0.2) is 0 Å². The maximum atomic E-state index is 12.7. The second kappa shape index (κ2) is 5.35. The third kappa shape index (κ3) is 3.44. The van der Waals surface area contributed by atoms with Crippen LogP contribution in [-0.2, 0) is 6.42 Å². The van der Waals surface area contributed by atoms with Crippen LogP contribution in [-0.4, -0.2) is 6.54 Å². The van der Waals surface area contributed by atoms with Crippen LogP contribution in [0.25, 0.3) is 0 Å². The van der Waals surface area contributed by atoms with Crippen molar-refractivity contribution in [2.45, 2.75) is 19.3 Å². The number of aryl methyl sites for hydroxylation is 1. The highest BCUT2D eigenvalue weighted by Crippen LogP contribution is 2.19. The van der Waals surface area contributed by atoms with Gasteiger partial charge in [0.1, 0.15) is 5.82 Å². The Morgan fingerprint density at radius 1 is 1.31 bits per heavy atom. The van der Waals surface area contributed by atoms with E-state index in [4.69, 9.17) is 5.73 Å². The summed E-state index contributed by atoms with van der Waals surface area (Å²) in [5.74, 6) is -0.200. The first-order chi connectivity index (χ1) is 6.24. The second-order valence-electron chi connectivity index (χ2n) is 2.98. The van der Waals surface area contributed by atoms with Crippen molar-refractivity contribution in [1.29, 1.82) is 0 Å². The molecule has 13 heavy (non-hydrogen) atoms. The Morgan fingerprint density at radius 2 is 2.08 bits per heavy atom. The van der Waals surface area contributed by atoms with Gasteiger partial charge in [0, 0.05) is 4.47 Å². The van der Waals surface area contributed by atoms with Gasteiger partial charge in [-0.1, -0.05) is 22.0 Å². The molecule has 0 spiro atoms. The molecule has 0 saturated heterocycles. The number of hydrogen-bond acceptors (Lipinski definition) is 1. The van der Waals surface area contributed by atoms with Gasteiger partial charge in [0.05, 0.1) is 0 Å². The Balaban J connectivity index is 2.56. The van der Waals surface area contributed by atoms with Gasteiger partial charge in [-0.2, -0.15) is 0 Å². The summed E-state index contributed by atoms with van der Waals surface area (Å²) >= 11 is 3.33. The lowest BCUT2D eigenvalue weighted by atomic mass is 10.1. The summed E-state index contributed by atoms with van der Waals surface area (Å²) in [7, 11) is 0. The summed E-state index contributed by atoms with van der Waals surface area (Å²) in [4.78, 5) is 0. The van der Waals surface area contributed by atoms with E-state index in [0.29, 0.717) is 0 Å². The normalized spacial score (nSPS) is 10.4. The molecule has 0 aliphatic heterocycles. The molecule has 3 heteroatoms. The van der Waals surface area contributed by atoms with Crippen LogP contribution in [0.2, 0.25) is 0 Å². The van der Waals surface area contributed by atoms with E-state index < -0.39 is 0 Å². The molecule has 72 valence electrons. The highest BCUT2D eigenvalue weighted by molar-refractivity contribution is 9.10. The molecule has 0 amide bonds. The van der Waals surface area contributed by atoms with Crippen LogP contribution in [0.5, 0.6) is 0 Å². The zero-order valence-corrected chi connectivity index (χ0v) is 8.98. The van der Waals surface area contributed by atoms with Crippen LogP contribution in [0.15, 0.2) is 22.7 Å². The number of unbranched alkanes of at least 4 members (excludes halogenated alkanes) is 1. The third-order valence-corrected chi connectivity index (χ3v) is 2.65. The van der Waals surface area contributed by atoms with Gasteiger partial charge >= 0.3 is 0 Å². The van der Waals surface area contributed by atoms with Crippen LogP contribution in [0.4, 0.5) is 4.39 Å². The molecule has 0 aromatic heterocycles. The lowest BCUT2D eigenvalue weighted by Crippen LogP contribution is -1.99. The molecule has 0 radical (unpaired) electrons. The van der Waals surface area contributed by atoms with E-state index in [0.717, 1.165) is 35.8 Å². The van der Waals surface area contributed by atoms with Gasteiger partial charge < -0.3 is 5.73 Å². The lowest BCUT2D eigenvalue weighted by molar-refractivity contribution is 0.625. The molecule has 0 unspecified atom stereocenters. The van der Waals surface area contributed by atoms with Crippen LogP contribution in [0.3, 0.4) is 0 Å². The average molecular weight is 246 g/mol. The first kappa shape index (κ1) is 10.7. The maximum absolute atomic E-state index is 12.7. The fourth-order valence-corrected chi connectivity index (χ4v) is 1.73. The summed E-state index contributed by atoms with van der Waals surface area (Å²) < 4.78 is 13.5. The lowest BCUT2D eigenvalue weighted by Gasteiger charge is -2.03. The fraction of sp³-hybridized carbons (Fsp3) is 0.400. The van der Waals surface area contributed by atoms with Gasteiger partial charge in [0.2, 0.25) is 0 Å². The van der Waals surface area contributed by atoms with Crippen LogP contribution in [0.1, 0.15) is 18.4 Å². The Labute approximate surface area is 86.3 Å². The van der Waals surface area contributed by atoms with E-state index in [-0.39, 0.29) is 5.82 Å². The Kier molecular flexibility index (Phi) is 4.39. The summed E-state index contributed by atoms with van der Waals surface area (Å²) in [6.45, 7) is 0.721. The van der Waals surface area contributed by atoms with Crippen LogP contribution >= 0.6 is 15.9 Å². The fourth-order valence-electron chi connectivity index (χ4n) is 1.18. The van der Waals surface area contributed by atoms with Gasteiger partial charge in [-0.3, -0.25) is 0 Å².